The van der Waals surface area contributed by atoms with Gasteiger partial charge >= 0.3 is 0 Å². The Morgan fingerprint density at radius 1 is 1.19 bits per heavy atom. The highest BCUT2D eigenvalue weighted by Crippen LogP contribution is 2.20. The first-order valence-electron chi connectivity index (χ1n) is 7.16. The number of hydrogen-bond donors (Lipinski definition) is 1. The highest BCUT2D eigenvalue weighted by molar-refractivity contribution is 7.11. The molecule has 2 rings (SSSR count). The van der Waals surface area contributed by atoms with E-state index in [4.69, 9.17) is 5.73 Å². The molecule has 1 aromatic heterocycles. The number of nitrogens with two attached hydrogens (primary N) is 1. The number of benzene rings is 1. The molecule has 0 aliphatic rings. The molecule has 3 nitrogen and oxygen atoms in total. The lowest BCUT2D eigenvalue weighted by atomic mass is 10.1. The first-order valence-corrected chi connectivity index (χ1v) is 7.98. The number of nitrogens with zero attached hydrogens (tertiary/aromatic N) is 1. The number of hydrogen-bond acceptors (Lipinski definition) is 3. The van der Waals surface area contributed by atoms with Crippen molar-refractivity contribution in [3.8, 4) is 0 Å². The van der Waals surface area contributed by atoms with Crippen LogP contribution in [0, 0.1) is 6.92 Å². The lowest BCUT2D eigenvalue weighted by Gasteiger charge is -2.26. The summed E-state index contributed by atoms with van der Waals surface area (Å²) in [5, 5.41) is 0. The molecule has 0 aliphatic heterocycles. The van der Waals surface area contributed by atoms with Gasteiger partial charge in [-0.15, -0.1) is 11.3 Å². The van der Waals surface area contributed by atoms with E-state index in [0.717, 1.165) is 5.56 Å². The average molecular weight is 302 g/mol. The molecule has 21 heavy (non-hydrogen) atoms. The van der Waals surface area contributed by atoms with Crippen molar-refractivity contribution in [1.82, 2.24) is 4.90 Å². The summed E-state index contributed by atoms with van der Waals surface area (Å²) in [4.78, 5) is 17.1. The number of carbonyl (C=O) groups is 1. The Morgan fingerprint density at radius 2 is 1.86 bits per heavy atom. The minimum Gasteiger partial charge on any atom is -0.331 e. The van der Waals surface area contributed by atoms with Gasteiger partial charge in [0.1, 0.15) is 0 Å². The van der Waals surface area contributed by atoms with Gasteiger partial charge in [-0.05, 0) is 50.6 Å². The molecule has 0 bridgehead atoms. The molecule has 0 spiro atoms. The molecular weight excluding hydrogens is 280 g/mol. The van der Waals surface area contributed by atoms with Crippen molar-refractivity contribution in [1.29, 1.82) is 0 Å². The van der Waals surface area contributed by atoms with Crippen LogP contribution in [0.3, 0.4) is 0 Å². The second-order valence-electron chi connectivity index (χ2n) is 5.44. The number of amides is 1. The van der Waals surface area contributed by atoms with E-state index in [-0.39, 0.29) is 11.9 Å². The SMILES string of the molecule is Cc1ccc(CN(C(=O)c2ccc(CN)cc2)C(C)C)s1. The molecule has 1 amide bonds. The molecule has 0 fully saturated rings. The number of rotatable bonds is 5. The zero-order chi connectivity index (χ0) is 15.4. The lowest BCUT2D eigenvalue weighted by molar-refractivity contribution is 0.0692. The van der Waals surface area contributed by atoms with Crippen LogP contribution in [0.25, 0.3) is 0 Å². The van der Waals surface area contributed by atoms with E-state index in [1.807, 2.05) is 43.0 Å². The Hall–Kier alpha value is -1.65. The van der Waals surface area contributed by atoms with Gasteiger partial charge in [-0.2, -0.15) is 0 Å². The molecule has 0 radical (unpaired) electrons. The van der Waals surface area contributed by atoms with Gasteiger partial charge in [0, 0.05) is 27.9 Å². The van der Waals surface area contributed by atoms with Crippen molar-refractivity contribution in [3.63, 3.8) is 0 Å². The first kappa shape index (κ1) is 15.7. The quantitative estimate of drug-likeness (QED) is 0.918. The summed E-state index contributed by atoms with van der Waals surface area (Å²) >= 11 is 1.74. The molecule has 2 aromatic rings. The summed E-state index contributed by atoms with van der Waals surface area (Å²) < 4.78 is 0. The van der Waals surface area contributed by atoms with Crippen LogP contribution in [-0.2, 0) is 13.1 Å². The number of thiophene rings is 1. The third kappa shape index (κ3) is 3.93. The van der Waals surface area contributed by atoms with E-state index < -0.39 is 0 Å². The third-order valence-electron chi connectivity index (χ3n) is 3.44. The topological polar surface area (TPSA) is 46.3 Å². The molecule has 0 saturated heterocycles. The molecule has 1 aromatic carbocycles. The molecular formula is C17H22N2OS. The van der Waals surface area contributed by atoms with Crippen LogP contribution in [-0.4, -0.2) is 16.8 Å². The Bertz CT molecular complexity index is 602. The molecule has 112 valence electrons. The third-order valence-corrected chi connectivity index (χ3v) is 4.43. The average Bonchev–Trinajstić information content (AvgIpc) is 2.89. The largest absolute Gasteiger partial charge is 0.331 e. The van der Waals surface area contributed by atoms with Gasteiger partial charge in [-0.1, -0.05) is 12.1 Å². The maximum atomic E-state index is 12.7. The van der Waals surface area contributed by atoms with Crippen LogP contribution in [0.15, 0.2) is 36.4 Å². The maximum Gasteiger partial charge on any atom is 0.254 e. The second kappa shape index (κ2) is 6.87. The maximum absolute atomic E-state index is 12.7. The van der Waals surface area contributed by atoms with Crippen LogP contribution >= 0.6 is 11.3 Å². The van der Waals surface area contributed by atoms with Gasteiger partial charge in [-0.3, -0.25) is 4.79 Å². The Balaban J connectivity index is 2.18. The first-order chi connectivity index (χ1) is 10.0. The van der Waals surface area contributed by atoms with Crippen LogP contribution in [0.5, 0.6) is 0 Å². The predicted molar refractivity (Wildman–Crippen MR) is 88.4 cm³/mol. The molecule has 1 heterocycles. The van der Waals surface area contributed by atoms with Crippen molar-refractivity contribution < 1.29 is 4.79 Å². The molecule has 4 heteroatoms. The van der Waals surface area contributed by atoms with Crippen LogP contribution in [0.1, 0.15) is 39.5 Å². The minimum atomic E-state index is 0.0691. The van der Waals surface area contributed by atoms with Crippen LogP contribution in [0.2, 0.25) is 0 Å². The molecule has 0 atom stereocenters. The van der Waals surface area contributed by atoms with Crippen molar-refractivity contribution in [2.24, 2.45) is 5.73 Å². The Labute approximate surface area is 130 Å². The standard InChI is InChI=1S/C17H22N2OS/c1-12(2)19(11-16-9-4-13(3)21-16)17(20)15-7-5-14(10-18)6-8-15/h4-9,12H,10-11,18H2,1-3H3. The van der Waals surface area contributed by atoms with Gasteiger partial charge in [0.25, 0.3) is 5.91 Å². The summed E-state index contributed by atoms with van der Waals surface area (Å²) in [6.45, 7) is 7.34. The van der Waals surface area contributed by atoms with E-state index in [0.29, 0.717) is 18.7 Å². The number of carbonyl (C=O) groups excluding carboxylic acids is 1. The predicted octanol–water partition coefficient (Wildman–Crippen LogP) is 3.57. The van der Waals surface area contributed by atoms with Crippen molar-refractivity contribution in [3.05, 3.63) is 57.3 Å². The molecule has 0 unspecified atom stereocenters. The van der Waals surface area contributed by atoms with Crippen molar-refractivity contribution >= 4 is 17.2 Å². The summed E-state index contributed by atoms with van der Waals surface area (Å²) in [5.74, 6) is 0.0691. The molecule has 0 saturated carbocycles. The fourth-order valence-electron chi connectivity index (χ4n) is 2.18. The highest BCUT2D eigenvalue weighted by Gasteiger charge is 2.19. The van der Waals surface area contributed by atoms with Crippen LogP contribution < -0.4 is 5.73 Å². The number of aryl methyl sites for hydroxylation is 1. The monoisotopic (exact) mass is 302 g/mol. The zero-order valence-electron chi connectivity index (χ0n) is 12.8. The van der Waals surface area contributed by atoms with E-state index in [1.54, 1.807) is 11.3 Å². The highest BCUT2D eigenvalue weighted by atomic mass is 32.1. The van der Waals surface area contributed by atoms with E-state index >= 15 is 0 Å². The van der Waals surface area contributed by atoms with E-state index in [9.17, 15) is 4.79 Å². The Morgan fingerprint density at radius 3 is 2.33 bits per heavy atom. The second-order valence-corrected chi connectivity index (χ2v) is 6.81. The van der Waals surface area contributed by atoms with Crippen molar-refractivity contribution in [2.45, 2.75) is 39.9 Å². The van der Waals surface area contributed by atoms with Gasteiger partial charge in [0.15, 0.2) is 0 Å². The Kier molecular flexibility index (Phi) is 5.15. The summed E-state index contributed by atoms with van der Waals surface area (Å²) in [6, 6.07) is 11.9. The molecule has 2 N–H and O–H groups in total. The van der Waals surface area contributed by atoms with E-state index in [2.05, 4.69) is 19.1 Å². The normalized spacial score (nSPS) is 10.9. The summed E-state index contributed by atoms with van der Waals surface area (Å²) in [6.07, 6.45) is 0. The van der Waals surface area contributed by atoms with Gasteiger partial charge < -0.3 is 10.6 Å². The summed E-state index contributed by atoms with van der Waals surface area (Å²) in [7, 11) is 0. The van der Waals surface area contributed by atoms with Crippen LogP contribution in [0.4, 0.5) is 0 Å². The van der Waals surface area contributed by atoms with Crippen molar-refractivity contribution in [2.75, 3.05) is 0 Å². The smallest absolute Gasteiger partial charge is 0.254 e. The van der Waals surface area contributed by atoms with Gasteiger partial charge in [0.2, 0.25) is 0 Å². The van der Waals surface area contributed by atoms with Gasteiger partial charge in [0.05, 0.1) is 6.54 Å². The van der Waals surface area contributed by atoms with E-state index in [1.165, 1.54) is 9.75 Å². The minimum absolute atomic E-state index is 0.0691. The lowest BCUT2D eigenvalue weighted by Crippen LogP contribution is -2.36. The summed E-state index contributed by atoms with van der Waals surface area (Å²) in [5.41, 5.74) is 7.35. The fourth-order valence-corrected chi connectivity index (χ4v) is 3.07. The molecule has 0 aliphatic carbocycles. The fraction of sp³-hybridized carbons (Fsp3) is 0.353. The zero-order valence-corrected chi connectivity index (χ0v) is 13.6. The van der Waals surface area contributed by atoms with Gasteiger partial charge in [-0.25, -0.2) is 0 Å².